The van der Waals surface area contributed by atoms with Crippen LogP contribution in [0.2, 0.25) is 0 Å². The van der Waals surface area contributed by atoms with Gasteiger partial charge in [0, 0.05) is 30.9 Å². The van der Waals surface area contributed by atoms with Gasteiger partial charge in [-0.3, -0.25) is 4.98 Å². The van der Waals surface area contributed by atoms with E-state index in [1.54, 1.807) is 0 Å². The maximum Gasteiger partial charge on any atom is 0.0416 e. The number of aromatic nitrogens is 1. The van der Waals surface area contributed by atoms with Crippen LogP contribution in [0.3, 0.4) is 0 Å². The lowest BCUT2D eigenvalue weighted by Crippen LogP contribution is -2.35. The summed E-state index contributed by atoms with van der Waals surface area (Å²) in [5.41, 5.74) is 1.19. The largest absolute Gasteiger partial charge is 0.314 e. The molecule has 2 nitrogen and oxygen atoms in total. The molecule has 0 spiro atoms. The highest BCUT2D eigenvalue weighted by molar-refractivity contribution is 5.03. The average Bonchev–Trinajstić information content (AvgIpc) is 2.41. The Morgan fingerprint density at radius 1 is 1.29 bits per heavy atom. The molecule has 1 aromatic heterocycles. The molecular formula is C15H24N2. The molecule has 1 aromatic rings. The Kier molecular flexibility index (Phi) is 4.99. The van der Waals surface area contributed by atoms with Crippen LogP contribution in [0, 0.1) is 5.92 Å². The zero-order valence-electron chi connectivity index (χ0n) is 10.9. The molecule has 94 valence electrons. The van der Waals surface area contributed by atoms with Crippen molar-refractivity contribution in [3.8, 4) is 0 Å². The molecule has 0 unspecified atom stereocenters. The van der Waals surface area contributed by atoms with Crippen LogP contribution in [0.4, 0.5) is 0 Å². The van der Waals surface area contributed by atoms with Crippen molar-refractivity contribution in [3.63, 3.8) is 0 Å². The molecule has 0 radical (unpaired) electrons. The van der Waals surface area contributed by atoms with Crippen LogP contribution in [0.1, 0.15) is 44.7 Å². The molecule has 1 N–H and O–H groups in total. The molecule has 1 heterocycles. The maximum atomic E-state index is 4.35. The van der Waals surface area contributed by atoms with Gasteiger partial charge in [0.05, 0.1) is 0 Å². The minimum absolute atomic E-state index is 0.666. The van der Waals surface area contributed by atoms with Gasteiger partial charge in [-0.05, 0) is 37.8 Å². The fourth-order valence-corrected chi connectivity index (χ4v) is 2.77. The first kappa shape index (κ1) is 12.6. The summed E-state index contributed by atoms with van der Waals surface area (Å²) >= 11 is 0. The second-order valence-corrected chi connectivity index (χ2v) is 5.21. The van der Waals surface area contributed by atoms with Gasteiger partial charge in [0.1, 0.15) is 0 Å². The Balaban J connectivity index is 1.67. The van der Waals surface area contributed by atoms with E-state index in [-0.39, 0.29) is 0 Å². The minimum atomic E-state index is 0.666. The van der Waals surface area contributed by atoms with Crippen LogP contribution in [0.25, 0.3) is 0 Å². The lowest BCUT2D eigenvalue weighted by atomic mass is 9.84. The van der Waals surface area contributed by atoms with Crippen LogP contribution in [0.5, 0.6) is 0 Å². The molecule has 1 aliphatic rings. The number of hydrogen-bond donors (Lipinski definition) is 1. The van der Waals surface area contributed by atoms with Gasteiger partial charge in [0.2, 0.25) is 0 Å². The Labute approximate surface area is 105 Å². The standard InChI is InChI=1S/C15H24N2/c1-13(14-7-3-2-4-8-14)16-12-10-15-9-5-6-11-17-15/h5-6,9,11,13-14,16H,2-4,7-8,10,12H2,1H3/t13-/m1/s1. The lowest BCUT2D eigenvalue weighted by Gasteiger charge is -2.28. The Morgan fingerprint density at radius 3 is 2.82 bits per heavy atom. The summed E-state index contributed by atoms with van der Waals surface area (Å²) < 4.78 is 0. The molecule has 0 bridgehead atoms. The van der Waals surface area contributed by atoms with E-state index in [2.05, 4.69) is 29.4 Å². The summed E-state index contributed by atoms with van der Waals surface area (Å²) in [5, 5.41) is 3.66. The van der Waals surface area contributed by atoms with Gasteiger partial charge in [0.25, 0.3) is 0 Å². The van der Waals surface area contributed by atoms with Crippen molar-refractivity contribution in [3.05, 3.63) is 30.1 Å². The molecule has 1 saturated carbocycles. The topological polar surface area (TPSA) is 24.9 Å². The molecule has 1 aliphatic carbocycles. The minimum Gasteiger partial charge on any atom is -0.314 e. The quantitative estimate of drug-likeness (QED) is 0.843. The van der Waals surface area contributed by atoms with Gasteiger partial charge in [0.15, 0.2) is 0 Å². The third kappa shape index (κ3) is 4.12. The summed E-state index contributed by atoms with van der Waals surface area (Å²) in [4.78, 5) is 4.35. The van der Waals surface area contributed by atoms with E-state index in [4.69, 9.17) is 0 Å². The van der Waals surface area contributed by atoms with E-state index in [1.807, 2.05) is 12.3 Å². The molecule has 2 heteroatoms. The average molecular weight is 232 g/mol. The third-order valence-electron chi connectivity index (χ3n) is 3.93. The molecule has 1 fully saturated rings. The van der Waals surface area contributed by atoms with Crippen LogP contribution in [0.15, 0.2) is 24.4 Å². The van der Waals surface area contributed by atoms with Gasteiger partial charge in [-0.1, -0.05) is 25.3 Å². The molecule has 0 saturated heterocycles. The maximum absolute atomic E-state index is 4.35. The van der Waals surface area contributed by atoms with Gasteiger partial charge < -0.3 is 5.32 Å². The van der Waals surface area contributed by atoms with E-state index in [1.165, 1.54) is 37.8 Å². The predicted molar refractivity (Wildman–Crippen MR) is 72.0 cm³/mol. The normalized spacial score (nSPS) is 19.1. The molecule has 0 aromatic carbocycles. The van der Waals surface area contributed by atoms with E-state index in [9.17, 15) is 0 Å². The molecule has 2 rings (SSSR count). The van der Waals surface area contributed by atoms with E-state index >= 15 is 0 Å². The molecular weight excluding hydrogens is 208 g/mol. The van der Waals surface area contributed by atoms with E-state index in [0.29, 0.717) is 6.04 Å². The summed E-state index contributed by atoms with van der Waals surface area (Å²) in [6.45, 7) is 3.39. The Hall–Kier alpha value is -0.890. The molecule has 0 aliphatic heterocycles. The highest BCUT2D eigenvalue weighted by Gasteiger charge is 2.19. The lowest BCUT2D eigenvalue weighted by molar-refractivity contribution is 0.282. The second-order valence-electron chi connectivity index (χ2n) is 5.21. The van der Waals surface area contributed by atoms with E-state index < -0.39 is 0 Å². The summed E-state index contributed by atoms with van der Waals surface area (Å²) in [7, 11) is 0. The van der Waals surface area contributed by atoms with Gasteiger partial charge >= 0.3 is 0 Å². The number of pyridine rings is 1. The van der Waals surface area contributed by atoms with Crippen LogP contribution >= 0.6 is 0 Å². The van der Waals surface area contributed by atoms with Crippen molar-refractivity contribution in [2.24, 2.45) is 5.92 Å². The van der Waals surface area contributed by atoms with Gasteiger partial charge in [-0.2, -0.15) is 0 Å². The number of rotatable bonds is 5. The van der Waals surface area contributed by atoms with Crippen molar-refractivity contribution in [2.45, 2.75) is 51.5 Å². The molecule has 0 amide bonds. The van der Waals surface area contributed by atoms with Crippen molar-refractivity contribution in [1.29, 1.82) is 0 Å². The van der Waals surface area contributed by atoms with Crippen molar-refractivity contribution < 1.29 is 0 Å². The highest BCUT2D eigenvalue weighted by Crippen LogP contribution is 2.26. The highest BCUT2D eigenvalue weighted by atomic mass is 14.9. The number of nitrogens with zero attached hydrogens (tertiary/aromatic N) is 1. The Morgan fingerprint density at radius 2 is 2.12 bits per heavy atom. The summed E-state index contributed by atoms with van der Waals surface area (Å²) in [5.74, 6) is 0.896. The molecule has 1 atom stereocenters. The first-order valence-electron chi connectivity index (χ1n) is 6.99. The zero-order valence-corrected chi connectivity index (χ0v) is 10.9. The first-order valence-corrected chi connectivity index (χ1v) is 6.99. The predicted octanol–water partition coefficient (Wildman–Crippen LogP) is 3.18. The first-order chi connectivity index (χ1) is 8.36. The second kappa shape index (κ2) is 6.75. The summed E-state index contributed by atoms with van der Waals surface area (Å²) in [6.07, 6.45) is 10.0. The van der Waals surface area contributed by atoms with Crippen LogP contribution in [-0.4, -0.2) is 17.6 Å². The fraction of sp³-hybridized carbons (Fsp3) is 0.667. The van der Waals surface area contributed by atoms with Crippen LogP contribution < -0.4 is 5.32 Å². The number of nitrogens with one attached hydrogen (secondary N) is 1. The van der Waals surface area contributed by atoms with Gasteiger partial charge in [-0.25, -0.2) is 0 Å². The fourth-order valence-electron chi connectivity index (χ4n) is 2.77. The van der Waals surface area contributed by atoms with E-state index in [0.717, 1.165) is 18.9 Å². The SMILES string of the molecule is C[C@@H](NCCc1ccccn1)C1CCCCC1. The number of hydrogen-bond acceptors (Lipinski definition) is 2. The Bertz CT molecular complexity index is 304. The smallest absolute Gasteiger partial charge is 0.0416 e. The monoisotopic (exact) mass is 232 g/mol. The van der Waals surface area contributed by atoms with Crippen molar-refractivity contribution in [2.75, 3.05) is 6.54 Å². The van der Waals surface area contributed by atoms with Crippen LogP contribution in [-0.2, 0) is 6.42 Å². The third-order valence-corrected chi connectivity index (χ3v) is 3.93. The van der Waals surface area contributed by atoms with Gasteiger partial charge in [-0.15, -0.1) is 0 Å². The van der Waals surface area contributed by atoms with Crippen molar-refractivity contribution in [1.82, 2.24) is 10.3 Å². The van der Waals surface area contributed by atoms with Crippen molar-refractivity contribution >= 4 is 0 Å². The summed E-state index contributed by atoms with van der Waals surface area (Å²) in [6, 6.07) is 6.81. The molecule has 17 heavy (non-hydrogen) atoms. The zero-order chi connectivity index (χ0) is 11.9.